The van der Waals surface area contributed by atoms with Crippen molar-refractivity contribution >= 4 is 26.7 Å². The number of rotatable bonds is 5. The van der Waals surface area contributed by atoms with Crippen molar-refractivity contribution in [2.45, 2.75) is 25.8 Å². The van der Waals surface area contributed by atoms with Crippen LogP contribution in [0.3, 0.4) is 0 Å². The van der Waals surface area contributed by atoms with Crippen LogP contribution in [0.5, 0.6) is 0 Å². The number of aromatic amines is 1. The van der Waals surface area contributed by atoms with Gasteiger partial charge in [-0.15, -0.1) is 0 Å². The molecule has 130 valence electrons. The molecule has 1 aromatic carbocycles. The molecule has 0 saturated carbocycles. The first-order chi connectivity index (χ1) is 11.3. The number of aromatic nitrogens is 1. The van der Waals surface area contributed by atoms with Crippen molar-refractivity contribution in [3.63, 3.8) is 0 Å². The summed E-state index contributed by atoms with van der Waals surface area (Å²) in [6.45, 7) is 3.61. The molecule has 24 heavy (non-hydrogen) atoms. The van der Waals surface area contributed by atoms with Crippen molar-refractivity contribution < 1.29 is 13.2 Å². The van der Waals surface area contributed by atoms with E-state index in [2.05, 4.69) is 9.71 Å². The minimum Gasteiger partial charge on any atom is -0.358 e. The van der Waals surface area contributed by atoms with Crippen molar-refractivity contribution in [3.8, 4) is 0 Å². The summed E-state index contributed by atoms with van der Waals surface area (Å²) in [6, 6.07) is 7.67. The fourth-order valence-electron chi connectivity index (χ4n) is 3.52. The van der Waals surface area contributed by atoms with E-state index in [-0.39, 0.29) is 11.8 Å². The van der Waals surface area contributed by atoms with Crippen molar-refractivity contribution in [1.29, 1.82) is 0 Å². The van der Waals surface area contributed by atoms with Crippen LogP contribution >= 0.6 is 0 Å². The Morgan fingerprint density at radius 1 is 1.38 bits per heavy atom. The van der Waals surface area contributed by atoms with E-state index in [1.54, 1.807) is 0 Å². The van der Waals surface area contributed by atoms with Gasteiger partial charge in [-0.05, 0) is 32.4 Å². The predicted molar refractivity (Wildman–Crippen MR) is 94.8 cm³/mol. The summed E-state index contributed by atoms with van der Waals surface area (Å²) >= 11 is 0. The number of likely N-dealkylation sites (tertiary alicyclic amines) is 1. The van der Waals surface area contributed by atoms with E-state index in [0.29, 0.717) is 13.1 Å². The van der Waals surface area contributed by atoms with Gasteiger partial charge in [0.05, 0.1) is 12.8 Å². The van der Waals surface area contributed by atoms with E-state index in [1.165, 1.54) is 6.26 Å². The number of sulfonamides is 1. The van der Waals surface area contributed by atoms with Crippen LogP contribution in [-0.4, -0.2) is 56.0 Å². The molecule has 1 aromatic heterocycles. The number of para-hydroxylation sites is 1. The molecule has 6 nitrogen and oxygen atoms in total. The van der Waals surface area contributed by atoms with Crippen LogP contribution in [0, 0.1) is 6.92 Å². The van der Waals surface area contributed by atoms with E-state index < -0.39 is 10.0 Å². The predicted octanol–water partition coefficient (Wildman–Crippen LogP) is 1.67. The summed E-state index contributed by atoms with van der Waals surface area (Å²) in [4.78, 5) is 18.1. The summed E-state index contributed by atoms with van der Waals surface area (Å²) in [5.41, 5.74) is 2.58. The molecule has 1 atom stereocenters. The number of nitrogens with one attached hydrogen (secondary N) is 2. The van der Waals surface area contributed by atoms with Crippen LogP contribution in [0.1, 0.15) is 28.9 Å². The normalized spacial score (nSPS) is 19.7. The fourth-order valence-corrected chi connectivity index (χ4v) is 4.31. The summed E-state index contributed by atoms with van der Waals surface area (Å²) in [6.07, 6.45) is 2.86. The number of hydrogen-bond donors (Lipinski definition) is 2. The number of hydrogen-bond acceptors (Lipinski definition) is 4. The maximum Gasteiger partial charge on any atom is 0.208 e. The van der Waals surface area contributed by atoms with E-state index in [4.69, 9.17) is 0 Å². The fraction of sp³-hybridized carbons (Fsp3) is 0.471. The van der Waals surface area contributed by atoms with Crippen LogP contribution in [-0.2, 0) is 10.0 Å². The molecule has 1 fully saturated rings. The molecule has 0 aliphatic carbocycles. The SMILES string of the molecule is Cc1[nH]c2ccccc2c1C(=O)CN1CCC[C@H](NS(C)(=O)=O)C1. The smallest absolute Gasteiger partial charge is 0.208 e. The second-order valence-electron chi connectivity index (χ2n) is 6.56. The minimum atomic E-state index is -3.22. The summed E-state index contributed by atoms with van der Waals surface area (Å²) < 4.78 is 25.5. The molecule has 2 aromatic rings. The first-order valence-electron chi connectivity index (χ1n) is 8.13. The Morgan fingerprint density at radius 2 is 2.12 bits per heavy atom. The second kappa shape index (κ2) is 6.66. The van der Waals surface area contributed by atoms with Gasteiger partial charge in [-0.3, -0.25) is 9.69 Å². The third kappa shape index (κ3) is 3.85. The third-order valence-electron chi connectivity index (χ3n) is 4.43. The first-order valence-corrected chi connectivity index (χ1v) is 10.0. The average molecular weight is 349 g/mol. The number of Topliss-reactive ketones (excluding diaryl/α,β-unsaturated/α-hetero) is 1. The zero-order chi connectivity index (χ0) is 17.3. The van der Waals surface area contributed by atoms with Crippen molar-refractivity contribution in [3.05, 3.63) is 35.5 Å². The summed E-state index contributed by atoms with van der Waals surface area (Å²) in [7, 11) is -3.22. The molecule has 1 saturated heterocycles. The lowest BCUT2D eigenvalue weighted by Gasteiger charge is -2.32. The number of carbonyl (C=O) groups is 1. The Morgan fingerprint density at radius 3 is 2.88 bits per heavy atom. The number of H-pyrrole nitrogens is 1. The lowest BCUT2D eigenvalue weighted by atomic mass is 10.0. The standard InChI is InChI=1S/C17H23N3O3S/c1-12-17(14-7-3-4-8-15(14)18-12)16(21)11-20-9-5-6-13(10-20)19-24(2,22)23/h3-4,7-8,13,18-19H,5-6,9-11H2,1-2H3/t13-/m0/s1. The molecule has 2 heterocycles. The Balaban J connectivity index is 1.73. The van der Waals surface area contributed by atoms with Crippen molar-refractivity contribution in [1.82, 2.24) is 14.6 Å². The largest absolute Gasteiger partial charge is 0.358 e. The number of nitrogens with zero attached hydrogens (tertiary/aromatic N) is 1. The lowest BCUT2D eigenvalue weighted by molar-refractivity contribution is 0.0906. The van der Waals surface area contributed by atoms with Gasteiger partial charge in [0.1, 0.15) is 0 Å². The summed E-state index contributed by atoms with van der Waals surface area (Å²) in [5.74, 6) is 0.0740. The van der Waals surface area contributed by atoms with E-state index in [0.717, 1.165) is 41.5 Å². The van der Waals surface area contributed by atoms with Gasteiger partial charge in [-0.1, -0.05) is 18.2 Å². The van der Waals surface area contributed by atoms with Crippen molar-refractivity contribution in [2.75, 3.05) is 25.9 Å². The van der Waals surface area contributed by atoms with Gasteiger partial charge in [0.2, 0.25) is 10.0 Å². The third-order valence-corrected chi connectivity index (χ3v) is 5.19. The molecule has 0 unspecified atom stereocenters. The number of carbonyl (C=O) groups excluding carboxylic acids is 1. The number of benzene rings is 1. The van der Waals surface area contributed by atoms with Gasteiger partial charge in [0.15, 0.2) is 5.78 Å². The number of aryl methyl sites for hydroxylation is 1. The van der Waals surface area contributed by atoms with Crippen LogP contribution in [0.25, 0.3) is 10.9 Å². The second-order valence-corrected chi connectivity index (χ2v) is 8.34. The van der Waals surface area contributed by atoms with Gasteiger partial charge in [-0.25, -0.2) is 13.1 Å². The number of piperidine rings is 1. The molecule has 2 N–H and O–H groups in total. The Hall–Kier alpha value is -1.70. The average Bonchev–Trinajstić information content (AvgIpc) is 2.81. The summed E-state index contributed by atoms with van der Waals surface area (Å²) in [5, 5.41) is 0.947. The highest BCUT2D eigenvalue weighted by molar-refractivity contribution is 7.88. The highest BCUT2D eigenvalue weighted by Crippen LogP contribution is 2.23. The molecule has 0 radical (unpaired) electrons. The van der Waals surface area contributed by atoms with Gasteiger partial charge >= 0.3 is 0 Å². The molecule has 0 amide bonds. The molecule has 0 bridgehead atoms. The van der Waals surface area contributed by atoms with Crippen molar-refractivity contribution in [2.24, 2.45) is 0 Å². The maximum atomic E-state index is 12.8. The van der Waals surface area contributed by atoms with Crippen LogP contribution in [0.4, 0.5) is 0 Å². The van der Waals surface area contributed by atoms with Gasteiger partial charge < -0.3 is 4.98 Å². The lowest BCUT2D eigenvalue weighted by Crippen LogP contribution is -2.48. The first kappa shape index (κ1) is 17.1. The van der Waals surface area contributed by atoms with E-state index >= 15 is 0 Å². The van der Waals surface area contributed by atoms with E-state index in [1.807, 2.05) is 36.1 Å². The van der Waals surface area contributed by atoms with Gasteiger partial charge in [0.25, 0.3) is 0 Å². The molecular weight excluding hydrogens is 326 g/mol. The monoisotopic (exact) mass is 349 g/mol. The quantitative estimate of drug-likeness (QED) is 0.805. The highest BCUT2D eigenvalue weighted by Gasteiger charge is 2.25. The zero-order valence-corrected chi connectivity index (χ0v) is 14.8. The molecule has 7 heteroatoms. The van der Waals surface area contributed by atoms with Gasteiger partial charge in [0, 0.05) is 34.7 Å². The Labute approximate surface area is 142 Å². The molecule has 1 aliphatic rings. The molecule has 0 spiro atoms. The zero-order valence-electron chi connectivity index (χ0n) is 14.0. The molecular formula is C17H23N3O3S. The number of fused-ring (bicyclic) bond motifs is 1. The van der Waals surface area contributed by atoms with Gasteiger partial charge in [-0.2, -0.15) is 0 Å². The molecule has 3 rings (SSSR count). The Kier molecular flexibility index (Phi) is 4.76. The minimum absolute atomic E-state index is 0.0740. The topological polar surface area (TPSA) is 82.3 Å². The van der Waals surface area contributed by atoms with Crippen LogP contribution in [0.15, 0.2) is 24.3 Å². The Bertz CT molecular complexity index is 857. The van der Waals surface area contributed by atoms with Crippen LogP contribution < -0.4 is 4.72 Å². The number of ketones is 1. The van der Waals surface area contributed by atoms with E-state index in [9.17, 15) is 13.2 Å². The van der Waals surface area contributed by atoms with Crippen LogP contribution in [0.2, 0.25) is 0 Å². The maximum absolute atomic E-state index is 12.8. The highest BCUT2D eigenvalue weighted by atomic mass is 32.2. The molecule has 1 aliphatic heterocycles.